The van der Waals surface area contributed by atoms with E-state index in [9.17, 15) is 9.90 Å². The Hall–Kier alpha value is -1.77. The van der Waals surface area contributed by atoms with Gasteiger partial charge in [-0.1, -0.05) is 12.2 Å². The lowest BCUT2D eigenvalue weighted by Gasteiger charge is -2.19. The van der Waals surface area contributed by atoms with E-state index in [2.05, 4.69) is 11.9 Å². The number of nitrogens with one attached hydrogen (secondary N) is 1. The standard InChI is InChI=1S/C15H19NO2/c1-8(2)6-10-7-9(3)12-11(13(10)17)15(4,5)14(18)16-12/h7,17H,1,6H2,2-5H3,(H,16,18). The SMILES string of the molecule is C=C(C)Cc1cc(C)c2c(c1O)C(C)(C)C(=O)N2. The third-order valence-corrected chi connectivity index (χ3v) is 3.50. The predicted octanol–water partition coefficient (Wildman–Crippen LogP) is 3.05. The molecule has 1 aromatic carbocycles. The van der Waals surface area contributed by atoms with E-state index in [-0.39, 0.29) is 11.7 Å². The molecule has 1 amide bonds. The van der Waals surface area contributed by atoms with Gasteiger partial charge in [0, 0.05) is 5.56 Å². The number of aryl methyl sites for hydroxylation is 1. The maximum atomic E-state index is 12.0. The third-order valence-electron chi connectivity index (χ3n) is 3.50. The van der Waals surface area contributed by atoms with Gasteiger partial charge in [-0.25, -0.2) is 0 Å². The summed E-state index contributed by atoms with van der Waals surface area (Å²) in [5.41, 5.74) is 3.59. The normalized spacial score (nSPS) is 16.3. The lowest BCUT2D eigenvalue weighted by Crippen LogP contribution is -2.27. The Balaban J connectivity index is 2.67. The third kappa shape index (κ3) is 1.70. The summed E-state index contributed by atoms with van der Waals surface area (Å²) in [6.07, 6.45) is 0.629. The van der Waals surface area contributed by atoms with E-state index in [1.54, 1.807) is 0 Å². The van der Waals surface area contributed by atoms with Gasteiger partial charge in [0.2, 0.25) is 5.91 Å². The number of anilines is 1. The molecule has 0 aliphatic carbocycles. The summed E-state index contributed by atoms with van der Waals surface area (Å²) in [4.78, 5) is 12.0. The second-order valence-electron chi connectivity index (χ2n) is 5.66. The minimum atomic E-state index is -0.685. The van der Waals surface area contributed by atoms with Crippen LogP contribution in [0.15, 0.2) is 18.2 Å². The monoisotopic (exact) mass is 245 g/mol. The molecule has 3 heteroatoms. The number of fused-ring (bicyclic) bond motifs is 1. The molecule has 2 rings (SSSR count). The quantitative estimate of drug-likeness (QED) is 0.787. The van der Waals surface area contributed by atoms with Gasteiger partial charge >= 0.3 is 0 Å². The van der Waals surface area contributed by atoms with E-state index in [0.717, 1.165) is 22.4 Å². The van der Waals surface area contributed by atoms with Gasteiger partial charge in [-0.2, -0.15) is 0 Å². The summed E-state index contributed by atoms with van der Waals surface area (Å²) in [5, 5.41) is 13.3. The number of hydrogen-bond donors (Lipinski definition) is 2. The largest absolute Gasteiger partial charge is 0.507 e. The van der Waals surface area contributed by atoms with Crippen LogP contribution < -0.4 is 5.32 Å². The van der Waals surface area contributed by atoms with Crippen LogP contribution in [0.4, 0.5) is 5.69 Å². The van der Waals surface area contributed by atoms with Crippen LogP contribution in [0.5, 0.6) is 5.75 Å². The van der Waals surface area contributed by atoms with Gasteiger partial charge in [-0.3, -0.25) is 4.79 Å². The summed E-state index contributed by atoms with van der Waals surface area (Å²) >= 11 is 0. The lowest BCUT2D eigenvalue weighted by atomic mass is 9.83. The highest BCUT2D eigenvalue weighted by molar-refractivity contribution is 6.07. The van der Waals surface area contributed by atoms with E-state index in [4.69, 9.17) is 0 Å². The summed E-state index contributed by atoms with van der Waals surface area (Å²) in [5.74, 6) is 0.158. The zero-order valence-electron chi connectivity index (χ0n) is 11.3. The molecule has 0 saturated heterocycles. The highest BCUT2D eigenvalue weighted by atomic mass is 16.3. The van der Waals surface area contributed by atoms with Gasteiger partial charge in [0.15, 0.2) is 0 Å². The van der Waals surface area contributed by atoms with Crippen molar-refractivity contribution in [3.8, 4) is 5.75 Å². The molecular weight excluding hydrogens is 226 g/mol. The summed E-state index contributed by atoms with van der Waals surface area (Å²) in [6, 6.07) is 1.92. The Morgan fingerprint density at radius 3 is 2.67 bits per heavy atom. The molecule has 0 radical (unpaired) electrons. The minimum Gasteiger partial charge on any atom is -0.507 e. The number of phenolic OH excluding ortho intramolecular Hbond substituents is 1. The summed E-state index contributed by atoms with van der Waals surface area (Å²) in [6.45, 7) is 11.4. The van der Waals surface area contributed by atoms with Crippen LogP contribution in [-0.4, -0.2) is 11.0 Å². The maximum absolute atomic E-state index is 12.0. The topological polar surface area (TPSA) is 49.3 Å². The first-order valence-electron chi connectivity index (χ1n) is 6.07. The number of hydrogen-bond acceptors (Lipinski definition) is 2. The van der Waals surface area contributed by atoms with Crippen LogP contribution >= 0.6 is 0 Å². The summed E-state index contributed by atoms with van der Waals surface area (Å²) < 4.78 is 0. The Labute approximate surface area is 108 Å². The molecule has 1 aliphatic rings. The van der Waals surface area contributed by atoms with Gasteiger partial charge in [0.1, 0.15) is 5.75 Å². The highest BCUT2D eigenvalue weighted by Crippen LogP contribution is 2.46. The second-order valence-corrected chi connectivity index (χ2v) is 5.66. The predicted molar refractivity (Wildman–Crippen MR) is 73.0 cm³/mol. The van der Waals surface area contributed by atoms with Crippen molar-refractivity contribution >= 4 is 11.6 Å². The zero-order chi connectivity index (χ0) is 13.7. The number of rotatable bonds is 2. The molecule has 1 heterocycles. The van der Waals surface area contributed by atoms with Gasteiger partial charge in [-0.05, 0) is 51.3 Å². The van der Waals surface area contributed by atoms with Crippen LogP contribution in [0.2, 0.25) is 0 Å². The smallest absolute Gasteiger partial charge is 0.234 e. The molecule has 0 unspecified atom stereocenters. The fraction of sp³-hybridized carbons (Fsp3) is 0.400. The molecule has 0 saturated carbocycles. The van der Waals surface area contributed by atoms with E-state index in [0.29, 0.717) is 12.0 Å². The Bertz CT molecular complexity index is 556. The number of amides is 1. The molecule has 0 atom stereocenters. The van der Waals surface area contributed by atoms with Gasteiger partial charge in [-0.15, -0.1) is 0 Å². The Morgan fingerprint density at radius 1 is 1.50 bits per heavy atom. The number of aromatic hydroxyl groups is 1. The van der Waals surface area contributed by atoms with Crippen LogP contribution in [0.25, 0.3) is 0 Å². The molecule has 96 valence electrons. The van der Waals surface area contributed by atoms with E-state index in [1.807, 2.05) is 33.8 Å². The molecule has 2 N–H and O–H groups in total. The number of allylic oxidation sites excluding steroid dienone is 1. The van der Waals surface area contributed by atoms with E-state index < -0.39 is 5.41 Å². The van der Waals surface area contributed by atoms with Gasteiger partial charge in [0.05, 0.1) is 11.1 Å². The van der Waals surface area contributed by atoms with Gasteiger partial charge < -0.3 is 10.4 Å². The van der Waals surface area contributed by atoms with Crippen molar-refractivity contribution in [1.29, 1.82) is 0 Å². The molecule has 3 nitrogen and oxygen atoms in total. The minimum absolute atomic E-state index is 0.0663. The average molecular weight is 245 g/mol. The molecule has 0 spiro atoms. The van der Waals surface area contributed by atoms with Crippen molar-refractivity contribution in [2.24, 2.45) is 0 Å². The van der Waals surface area contributed by atoms with Gasteiger partial charge in [0.25, 0.3) is 0 Å². The van der Waals surface area contributed by atoms with Crippen molar-refractivity contribution in [3.63, 3.8) is 0 Å². The summed E-state index contributed by atoms with van der Waals surface area (Å²) in [7, 11) is 0. The average Bonchev–Trinajstić information content (AvgIpc) is 2.47. The highest BCUT2D eigenvalue weighted by Gasteiger charge is 2.42. The van der Waals surface area contributed by atoms with Crippen LogP contribution in [0, 0.1) is 6.92 Å². The fourth-order valence-electron chi connectivity index (χ4n) is 2.49. The lowest BCUT2D eigenvalue weighted by molar-refractivity contribution is -0.119. The van der Waals surface area contributed by atoms with Crippen molar-refractivity contribution in [1.82, 2.24) is 0 Å². The molecular formula is C15H19NO2. The van der Waals surface area contributed by atoms with Crippen LogP contribution in [0.3, 0.4) is 0 Å². The van der Waals surface area contributed by atoms with Crippen molar-refractivity contribution < 1.29 is 9.90 Å². The Kier molecular flexibility index (Phi) is 2.73. The molecule has 1 aromatic rings. The fourth-order valence-corrected chi connectivity index (χ4v) is 2.49. The van der Waals surface area contributed by atoms with E-state index >= 15 is 0 Å². The molecule has 0 bridgehead atoms. The Morgan fingerprint density at radius 2 is 2.11 bits per heavy atom. The number of phenols is 1. The van der Waals surface area contributed by atoms with Crippen molar-refractivity contribution in [2.75, 3.05) is 5.32 Å². The first-order chi connectivity index (χ1) is 8.25. The van der Waals surface area contributed by atoms with Crippen LogP contribution in [0.1, 0.15) is 37.5 Å². The van der Waals surface area contributed by atoms with Crippen molar-refractivity contribution in [2.45, 2.75) is 39.5 Å². The van der Waals surface area contributed by atoms with E-state index in [1.165, 1.54) is 0 Å². The maximum Gasteiger partial charge on any atom is 0.234 e. The number of benzene rings is 1. The van der Waals surface area contributed by atoms with Crippen molar-refractivity contribution in [3.05, 3.63) is 34.9 Å². The van der Waals surface area contributed by atoms with Crippen LogP contribution in [-0.2, 0) is 16.6 Å². The molecule has 18 heavy (non-hydrogen) atoms. The first kappa shape index (κ1) is 12.7. The molecule has 1 aliphatic heterocycles. The second kappa shape index (κ2) is 3.87. The number of carbonyl (C=O) groups is 1. The molecule has 0 aromatic heterocycles. The zero-order valence-corrected chi connectivity index (χ0v) is 11.3. The first-order valence-corrected chi connectivity index (χ1v) is 6.07. The number of carbonyl (C=O) groups excluding carboxylic acids is 1. The molecule has 0 fully saturated rings.